The summed E-state index contributed by atoms with van der Waals surface area (Å²) in [5, 5.41) is 16.3. The van der Waals surface area contributed by atoms with E-state index in [-0.39, 0.29) is 36.2 Å². The van der Waals surface area contributed by atoms with Crippen molar-refractivity contribution in [3.63, 3.8) is 0 Å². The van der Waals surface area contributed by atoms with E-state index in [0.717, 1.165) is 4.90 Å². The highest BCUT2D eigenvalue weighted by Gasteiger charge is 2.29. The second kappa shape index (κ2) is 8.38. The third-order valence-corrected chi connectivity index (χ3v) is 4.14. The second-order valence-electron chi connectivity index (χ2n) is 6.17. The van der Waals surface area contributed by atoms with Gasteiger partial charge in [0.25, 0.3) is 17.5 Å². The molecular weight excluding hydrogens is 380 g/mol. The average Bonchev–Trinajstić information content (AvgIpc) is 2.70. The van der Waals surface area contributed by atoms with Crippen LogP contribution in [0.15, 0.2) is 42.5 Å². The number of fused-ring (bicyclic) bond motifs is 1. The topological polar surface area (TPSA) is 131 Å². The van der Waals surface area contributed by atoms with Crippen LogP contribution < -0.4 is 20.3 Å². The molecule has 0 aromatic heterocycles. The van der Waals surface area contributed by atoms with Gasteiger partial charge in [-0.2, -0.15) is 0 Å². The zero-order valence-corrected chi connectivity index (χ0v) is 15.5. The summed E-state index contributed by atoms with van der Waals surface area (Å²) in [6, 6.07) is 10.2. The number of ether oxygens (including phenoxy) is 1. The van der Waals surface area contributed by atoms with Gasteiger partial charge in [0, 0.05) is 29.9 Å². The molecule has 10 nitrogen and oxygen atoms in total. The molecule has 0 saturated heterocycles. The summed E-state index contributed by atoms with van der Waals surface area (Å²) < 4.78 is 5.28. The van der Waals surface area contributed by atoms with Gasteiger partial charge in [-0.15, -0.1) is 0 Å². The lowest BCUT2D eigenvalue weighted by atomic mass is 10.2. The van der Waals surface area contributed by atoms with Crippen LogP contribution in [0, 0.1) is 10.1 Å². The molecule has 0 radical (unpaired) electrons. The van der Waals surface area contributed by atoms with Gasteiger partial charge in [0.1, 0.15) is 12.3 Å². The van der Waals surface area contributed by atoms with Crippen LogP contribution in [-0.4, -0.2) is 42.3 Å². The van der Waals surface area contributed by atoms with Crippen LogP contribution in [0.25, 0.3) is 0 Å². The number of nitro benzene ring substituents is 1. The fourth-order valence-corrected chi connectivity index (χ4v) is 2.82. The number of anilines is 2. The molecule has 2 N–H and O–H groups in total. The Morgan fingerprint density at radius 2 is 2.03 bits per heavy atom. The Kier molecular flexibility index (Phi) is 5.72. The number of nitrogens with zero attached hydrogens (tertiary/aromatic N) is 2. The summed E-state index contributed by atoms with van der Waals surface area (Å²) in [7, 11) is 0. The van der Waals surface area contributed by atoms with Crippen LogP contribution in [0.4, 0.5) is 17.1 Å². The molecule has 29 heavy (non-hydrogen) atoms. The SMILES string of the molecule is CCNC(=O)c1cccc(NC(=O)CN2C(=O)COc3ccc([N+](=O)[O-])cc32)c1. The minimum atomic E-state index is -0.593. The largest absolute Gasteiger partial charge is 0.482 e. The Morgan fingerprint density at radius 3 is 2.76 bits per heavy atom. The first-order valence-electron chi connectivity index (χ1n) is 8.78. The number of amides is 3. The van der Waals surface area contributed by atoms with Crippen molar-refractivity contribution in [2.45, 2.75) is 6.92 Å². The molecule has 1 heterocycles. The van der Waals surface area contributed by atoms with E-state index < -0.39 is 16.7 Å². The van der Waals surface area contributed by atoms with Gasteiger partial charge in [-0.05, 0) is 31.2 Å². The van der Waals surface area contributed by atoms with Gasteiger partial charge in [-0.25, -0.2) is 0 Å². The van der Waals surface area contributed by atoms with Crippen molar-refractivity contribution in [2.75, 3.05) is 29.9 Å². The molecule has 0 bridgehead atoms. The molecule has 2 aromatic carbocycles. The van der Waals surface area contributed by atoms with E-state index in [1.54, 1.807) is 25.1 Å². The van der Waals surface area contributed by atoms with E-state index in [9.17, 15) is 24.5 Å². The number of nitro groups is 1. The predicted molar refractivity (Wildman–Crippen MR) is 104 cm³/mol. The molecule has 10 heteroatoms. The van der Waals surface area contributed by atoms with Crippen molar-refractivity contribution in [1.29, 1.82) is 0 Å². The van der Waals surface area contributed by atoms with Crippen LogP contribution in [0.3, 0.4) is 0 Å². The number of benzene rings is 2. The quantitative estimate of drug-likeness (QED) is 0.563. The number of nitrogens with one attached hydrogen (secondary N) is 2. The molecule has 0 unspecified atom stereocenters. The fourth-order valence-electron chi connectivity index (χ4n) is 2.82. The maximum absolute atomic E-state index is 12.5. The first kappa shape index (κ1) is 19.8. The Balaban J connectivity index is 1.77. The molecule has 150 valence electrons. The number of carbonyl (C=O) groups is 3. The highest BCUT2D eigenvalue weighted by Crippen LogP contribution is 2.35. The van der Waals surface area contributed by atoms with Gasteiger partial charge >= 0.3 is 0 Å². The molecule has 3 amide bonds. The average molecular weight is 398 g/mol. The summed E-state index contributed by atoms with van der Waals surface area (Å²) in [6.45, 7) is 1.64. The zero-order chi connectivity index (χ0) is 21.0. The number of non-ortho nitro benzene ring substituents is 1. The molecule has 1 aliphatic rings. The maximum atomic E-state index is 12.5. The van der Waals surface area contributed by atoms with Gasteiger partial charge in [-0.3, -0.25) is 29.4 Å². The van der Waals surface area contributed by atoms with E-state index in [1.165, 1.54) is 24.3 Å². The van der Waals surface area contributed by atoms with Gasteiger partial charge in [0.15, 0.2) is 6.61 Å². The highest BCUT2D eigenvalue weighted by molar-refractivity contribution is 6.05. The lowest BCUT2D eigenvalue weighted by molar-refractivity contribution is -0.384. The lowest BCUT2D eigenvalue weighted by Crippen LogP contribution is -2.43. The molecule has 0 saturated carbocycles. The molecule has 1 aliphatic heterocycles. The van der Waals surface area contributed by atoms with Crippen molar-refractivity contribution in [3.8, 4) is 5.75 Å². The highest BCUT2D eigenvalue weighted by atomic mass is 16.6. The molecule has 0 aliphatic carbocycles. The van der Waals surface area contributed by atoms with Crippen LogP contribution in [0.5, 0.6) is 5.75 Å². The Morgan fingerprint density at radius 1 is 1.24 bits per heavy atom. The molecule has 2 aromatic rings. The Bertz CT molecular complexity index is 990. The molecule has 0 atom stereocenters. The number of carbonyl (C=O) groups excluding carboxylic acids is 3. The summed E-state index contributed by atoms with van der Waals surface area (Å²) in [5.41, 5.74) is 0.704. The van der Waals surface area contributed by atoms with Crippen molar-refractivity contribution >= 4 is 34.8 Å². The summed E-state index contributed by atoms with van der Waals surface area (Å²) in [4.78, 5) is 48.2. The van der Waals surface area contributed by atoms with Gasteiger partial charge in [0.2, 0.25) is 5.91 Å². The van der Waals surface area contributed by atoms with E-state index >= 15 is 0 Å². The molecule has 0 spiro atoms. The first-order valence-corrected chi connectivity index (χ1v) is 8.78. The zero-order valence-electron chi connectivity index (χ0n) is 15.5. The number of hydrogen-bond acceptors (Lipinski definition) is 6. The summed E-state index contributed by atoms with van der Waals surface area (Å²) in [6.07, 6.45) is 0. The van der Waals surface area contributed by atoms with Gasteiger partial charge < -0.3 is 15.4 Å². The Hall–Kier alpha value is -3.95. The number of hydrogen-bond donors (Lipinski definition) is 2. The lowest BCUT2D eigenvalue weighted by Gasteiger charge is -2.28. The van der Waals surface area contributed by atoms with Crippen molar-refractivity contribution < 1.29 is 24.0 Å². The first-order chi connectivity index (χ1) is 13.9. The molecule has 3 rings (SSSR count). The predicted octanol–water partition coefficient (Wildman–Crippen LogP) is 1.71. The normalized spacial score (nSPS) is 12.6. The van der Waals surface area contributed by atoms with E-state index in [0.29, 0.717) is 17.8 Å². The standard InChI is InChI=1S/C19H18N4O6/c1-2-20-19(26)12-4-3-5-13(8-12)21-17(24)10-22-15-9-14(23(27)28)6-7-16(15)29-11-18(22)25/h3-9H,2,10-11H2,1H3,(H,20,26)(H,21,24). The van der Waals surface area contributed by atoms with Crippen LogP contribution in [0.1, 0.15) is 17.3 Å². The van der Waals surface area contributed by atoms with Crippen LogP contribution in [-0.2, 0) is 9.59 Å². The van der Waals surface area contributed by atoms with E-state index in [1.807, 2.05) is 0 Å². The monoisotopic (exact) mass is 398 g/mol. The van der Waals surface area contributed by atoms with Crippen LogP contribution in [0.2, 0.25) is 0 Å². The second-order valence-corrected chi connectivity index (χ2v) is 6.17. The van der Waals surface area contributed by atoms with Crippen LogP contribution >= 0.6 is 0 Å². The van der Waals surface area contributed by atoms with Crippen molar-refractivity contribution in [1.82, 2.24) is 5.32 Å². The third kappa shape index (κ3) is 4.49. The van der Waals surface area contributed by atoms with Crippen molar-refractivity contribution in [2.24, 2.45) is 0 Å². The third-order valence-electron chi connectivity index (χ3n) is 4.14. The fraction of sp³-hybridized carbons (Fsp3) is 0.211. The van der Waals surface area contributed by atoms with Gasteiger partial charge in [0.05, 0.1) is 10.6 Å². The minimum Gasteiger partial charge on any atom is -0.482 e. The smallest absolute Gasteiger partial charge is 0.271 e. The summed E-state index contributed by atoms with van der Waals surface area (Å²) in [5.74, 6) is -1.01. The summed E-state index contributed by atoms with van der Waals surface area (Å²) >= 11 is 0. The van der Waals surface area contributed by atoms with E-state index in [2.05, 4.69) is 10.6 Å². The maximum Gasteiger partial charge on any atom is 0.271 e. The Labute approximate surface area is 165 Å². The van der Waals surface area contributed by atoms with Gasteiger partial charge in [-0.1, -0.05) is 6.07 Å². The molecular formula is C19H18N4O6. The number of rotatable bonds is 6. The molecule has 0 fully saturated rings. The van der Waals surface area contributed by atoms with E-state index in [4.69, 9.17) is 4.74 Å². The van der Waals surface area contributed by atoms with Crippen molar-refractivity contribution in [3.05, 3.63) is 58.1 Å². The minimum absolute atomic E-state index is 0.154.